The van der Waals surface area contributed by atoms with Gasteiger partial charge in [-0.15, -0.1) is 0 Å². The summed E-state index contributed by atoms with van der Waals surface area (Å²) in [7, 11) is 0. The zero-order valence-corrected chi connectivity index (χ0v) is 17.4. The van der Waals surface area contributed by atoms with Crippen LogP contribution in [-0.2, 0) is 0 Å². The average molecular weight is 397 g/mol. The number of hydrogen-bond donors (Lipinski definition) is 0. The summed E-state index contributed by atoms with van der Waals surface area (Å²) in [5.41, 5.74) is 8.97. The summed E-state index contributed by atoms with van der Waals surface area (Å²) in [6.45, 7) is 0. The zero-order valence-electron chi connectivity index (χ0n) is 17.4. The van der Waals surface area contributed by atoms with Gasteiger partial charge in [0.05, 0.1) is 0 Å². The van der Waals surface area contributed by atoms with Crippen LogP contribution in [0.15, 0.2) is 140 Å². The molecule has 0 heteroatoms. The molecular weight excluding hydrogens is 372 g/mol. The van der Waals surface area contributed by atoms with Crippen LogP contribution in [0.4, 0.5) is 0 Å². The van der Waals surface area contributed by atoms with Crippen LogP contribution < -0.4 is 0 Å². The second-order valence-electron chi connectivity index (χ2n) is 7.76. The summed E-state index contributed by atoms with van der Waals surface area (Å²) in [6, 6.07) is 49.9. The minimum Gasteiger partial charge on any atom is -0.0622 e. The molecule has 0 heterocycles. The second kappa shape index (κ2) is 8.85. The Balaban J connectivity index is 1.82. The quantitative estimate of drug-likeness (QED) is 0.263. The molecule has 0 spiro atoms. The zero-order chi connectivity index (χ0) is 20.9. The maximum Gasteiger partial charge on any atom is 0.0346 e. The van der Waals surface area contributed by atoms with E-state index in [4.69, 9.17) is 0 Å². The lowest BCUT2D eigenvalue weighted by Gasteiger charge is -2.24. The fourth-order valence-corrected chi connectivity index (χ4v) is 4.44. The lowest BCUT2D eigenvalue weighted by Crippen LogP contribution is -2.06. The lowest BCUT2D eigenvalue weighted by atomic mass is 9.79. The normalized spacial score (nSPS) is 10.9. The Hall–Kier alpha value is -3.90. The standard InChI is InChI=1S/C31H24/c1-5-14-24(15-6-1)28-22-13-23-29(31(28)27-20-11-4-12-21-27)30(25-16-7-2-8-17-25)26-18-9-3-10-19-26/h1-23,30H. The molecule has 0 nitrogen and oxygen atoms in total. The van der Waals surface area contributed by atoms with E-state index < -0.39 is 0 Å². The molecule has 31 heavy (non-hydrogen) atoms. The summed E-state index contributed by atoms with van der Waals surface area (Å²) in [5.74, 6) is 0.154. The summed E-state index contributed by atoms with van der Waals surface area (Å²) in [6.07, 6.45) is 0. The molecule has 5 rings (SSSR count). The minimum atomic E-state index is 0.154. The van der Waals surface area contributed by atoms with Gasteiger partial charge in [-0.3, -0.25) is 0 Å². The highest BCUT2D eigenvalue weighted by molar-refractivity contribution is 5.86. The van der Waals surface area contributed by atoms with Crippen molar-refractivity contribution in [3.8, 4) is 22.3 Å². The van der Waals surface area contributed by atoms with Crippen molar-refractivity contribution in [1.82, 2.24) is 0 Å². The fourth-order valence-electron chi connectivity index (χ4n) is 4.44. The molecule has 148 valence electrons. The molecule has 0 saturated heterocycles. The van der Waals surface area contributed by atoms with Gasteiger partial charge < -0.3 is 0 Å². The van der Waals surface area contributed by atoms with E-state index in [1.165, 1.54) is 38.9 Å². The van der Waals surface area contributed by atoms with E-state index in [1.807, 2.05) is 0 Å². The Morgan fingerprint density at radius 3 is 1.32 bits per heavy atom. The summed E-state index contributed by atoms with van der Waals surface area (Å²) < 4.78 is 0. The van der Waals surface area contributed by atoms with Gasteiger partial charge in [-0.1, -0.05) is 140 Å². The topological polar surface area (TPSA) is 0 Å². The highest BCUT2D eigenvalue weighted by atomic mass is 14.3. The van der Waals surface area contributed by atoms with E-state index >= 15 is 0 Å². The first kappa shape index (κ1) is 19.1. The van der Waals surface area contributed by atoms with E-state index in [0.717, 1.165) is 0 Å². The van der Waals surface area contributed by atoms with Gasteiger partial charge in [0.25, 0.3) is 0 Å². The van der Waals surface area contributed by atoms with Crippen molar-refractivity contribution in [1.29, 1.82) is 0 Å². The maximum atomic E-state index is 2.29. The molecule has 5 aromatic rings. The Morgan fingerprint density at radius 2 is 0.806 bits per heavy atom. The Kier molecular flexibility index (Phi) is 5.45. The van der Waals surface area contributed by atoms with E-state index in [9.17, 15) is 0 Å². The Morgan fingerprint density at radius 1 is 0.355 bits per heavy atom. The van der Waals surface area contributed by atoms with E-state index in [0.29, 0.717) is 0 Å². The molecular formula is C31H24. The SMILES string of the molecule is c1ccc(-c2cccc(C(c3ccccc3)c3ccccc3)c2-c2ccccc2)cc1. The molecule has 5 aromatic carbocycles. The third kappa shape index (κ3) is 3.93. The van der Waals surface area contributed by atoms with E-state index in [2.05, 4.69) is 140 Å². The largest absolute Gasteiger partial charge is 0.0622 e. The predicted octanol–water partition coefficient (Wildman–Crippen LogP) is 8.20. The average Bonchev–Trinajstić information content (AvgIpc) is 2.86. The van der Waals surface area contributed by atoms with Crippen molar-refractivity contribution >= 4 is 0 Å². The van der Waals surface area contributed by atoms with E-state index in [1.54, 1.807) is 0 Å². The Labute approximate surface area is 184 Å². The summed E-state index contributed by atoms with van der Waals surface area (Å²) in [5, 5.41) is 0. The van der Waals surface area contributed by atoms with Gasteiger partial charge in [0.15, 0.2) is 0 Å². The van der Waals surface area contributed by atoms with Crippen molar-refractivity contribution in [3.05, 3.63) is 156 Å². The maximum absolute atomic E-state index is 2.29. The van der Waals surface area contributed by atoms with Crippen molar-refractivity contribution in [2.24, 2.45) is 0 Å². The predicted molar refractivity (Wildman–Crippen MR) is 131 cm³/mol. The number of benzene rings is 5. The van der Waals surface area contributed by atoms with Gasteiger partial charge in [-0.05, 0) is 38.9 Å². The van der Waals surface area contributed by atoms with Crippen LogP contribution in [-0.4, -0.2) is 0 Å². The van der Waals surface area contributed by atoms with E-state index in [-0.39, 0.29) is 5.92 Å². The van der Waals surface area contributed by atoms with Crippen molar-refractivity contribution in [2.45, 2.75) is 5.92 Å². The molecule has 0 atom stereocenters. The van der Waals surface area contributed by atoms with Crippen molar-refractivity contribution in [3.63, 3.8) is 0 Å². The molecule has 0 N–H and O–H groups in total. The minimum absolute atomic E-state index is 0.154. The number of hydrogen-bond acceptors (Lipinski definition) is 0. The van der Waals surface area contributed by atoms with Crippen LogP contribution >= 0.6 is 0 Å². The molecule has 0 fully saturated rings. The Bertz CT molecular complexity index is 1200. The molecule has 0 radical (unpaired) electrons. The first-order valence-electron chi connectivity index (χ1n) is 10.8. The van der Waals surface area contributed by atoms with Gasteiger partial charge in [-0.2, -0.15) is 0 Å². The number of rotatable bonds is 5. The van der Waals surface area contributed by atoms with Gasteiger partial charge >= 0.3 is 0 Å². The molecule has 0 aromatic heterocycles. The van der Waals surface area contributed by atoms with Gasteiger partial charge in [-0.25, -0.2) is 0 Å². The van der Waals surface area contributed by atoms with Crippen LogP contribution in [0.25, 0.3) is 22.3 Å². The molecule has 0 aliphatic heterocycles. The molecule has 0 amide bonds. The molecule has 0 saturated carbocycles. The second-order valence-corrected chi connectivity index (χ2v) is 7.76. The molecule has 0 aliphatic carbocycles. The first-order chi connectivity index (χ1) is 15.4. The summed E-state index contributed by atoms with van der Waals surface area (Å²) in [4.78, 5) is 0. The summed E-state index contributed by atoms with van der Waals surface area (Å²) >= 11 is 0. The molecule has 0 aliphatic rings. The fraction of sp³-hybridized carbons (Fsp3) is 0.0323. The van der Waals surface area contributed by atoms with Crippen LogP contribution in [0.2, 0.25) is 0 Å². The molecule has 0 unspecified atom stereocenters. The van der Waals surface area contributed by atoms with Crippen molar-refractivity contribution < 1.29 is 0 Å². The third-order valence-corrected chi connectivity index (χ3v) is 5.82. The van der Waals surface area contributed by atoms with Crippen LogP contribution in [0.5, 0.6) is 0 Å². The van der Waals surface area contributed by atoms with Crippen LogP contribution in [0.3, 0.4) is 0 Å². The molecule has 0 bridgehead atoms. The highest BCUT2D eigenvalue weighted by Crippen LogP contribution is 2.42. The highest BCUT2D eigenvalue weighted by Gasteiger charge is 2.22. The lowest BCUT2D eigenvalue weighted by molar-refractivity contribution is 0.980. The van der Waals surface area contributed by atoms with Crippen LogP contribution in [0.1, 0.15) is 22.6 Å². The van der Waals surface area contributed by atoms with Crippen LogP contribution in [0, 0.1) is 0 Å². The van der Waals surface area contributed by atoms with Gasteiger partial charge in [0.1, 0.15) is 0 Å². The first-order valence-corrected chi connectivity index (χ1v) is 10.8. The monoisotopic (exact) mass is 396 g/mol. The van der Waals surface area contributed by atoms with Gasteiger partial charge in [0.2, 0.25) is 0 Å². The van der Waals surface area contributed by atoms with Gasteiger partial charge in [0, 0.05) is 5.92 Å². The van der Waals surface area contributed by atoms with Crippen molar-refractivity contribution in [2.75, 3.05) is 0 Å². The smallest absolute Gasteiger partial charge is 0.0346 e. The third-order valence-electron chi connectivity index (χ3n) is 5.82.